The maximum Gasteiger partial charge on any atom is 0.417 e. The van der Waals surface area contributed by atoms with Gasteiger partial charge in [0.1, 0.15) is 16.2 Å². The number of carboxylic acids is 2. The molecule has 0 atom stereocenters. The van der Waals surface area contributed by atoms with E-state index >= 15 is 0 Å². The Bertz CT molecular complexity index is 2150. The molecular formula is C32H18F3NO7S. The van der Waals surface area contributed by atoms with Crippen molar-refractivity contribution < 1.29 is 45.7 Å². The summed E-state index contributed by atoms with van der Waals surface area (Å²) in [5.41, 5.74) is -2.04. The van der Waals surface area contributed by atoms with Gasteiger partial charge in [-0.15, -0.1) is 0 Å². The van der Waals surface area contributed by atoms with E-state index in [4.69, 9.17) is 4.28 Å². The van der Waals surface area contributed by atoms with E-state index in [9.17, 15) is 41.4 Å². The van der Waals surface area contributed by atoms with Crippen molar-refractivity contribution in [2.45, 2.75) is 11.1 Å². The van der Waals surface area contributed by atoms with Crippen LogP contribution in [-0.2, 0) is 30.2 Å². The first-order valence-electron chi connectivity index (χ1n) is 12.8. The number of alkyl halides is 3. The second kappa shape index (κ2) is 10.3. The molecule has 12 heteroatoms. The van der Waals surface area contributed by atoms with Crippen LogP contribution >= 0.6 is 0 Å². The quantitative estimate of drug-likeness (QED) is 0.239. The van der Waals surface area contributed by atoms with Crippen LogP contribution in [-0.4, -0.2) is 36.3 Å². The molecule has 0 heterocycles. The lowest BCUT2D eigenvalue weighted by molar-refractivity contribution is -0.140. The van der Waals surface area contributed by atoms with Crippen LogP contribution in [0.1, 0.15) is 22.3 Å². The summed E-state index contributed by atoms with van der Waals surface area (Å²) >= 11 is 0. The highest BCUT2D eigenvalue weighted by molar-refractivity contribution is 7.86. The van der Waals surface area contributed by atoms with E-state index in [-0.39, 0.29) is 16.7 Å². The molecule has 0 bridgehead atoms. The van der Waals surface area contributed by atoms with Gasteiger partial charge in [0.25, 0.3) is 0 Å². The van der Waals surface area contributed by atoms with Crippen LogP contribution < -0.4 is 0 Å². The Kier molecular flexibility index (Phi) is 6.73. The molecule has 0 fully saturated rings. The van der Waals surface area contributed by atoms with E-state index in [1.807, 2.05) is 0 Å². The molecule has 4 aromatic rings. The zero-order valence-corrected chi connectivity index (χ0v) is 23.0. The number of halogens is 3. The van der Waals surface area contributed by atoms with Gasteiger partial charge in [0, 0.05) is 16.7 Å². The van der Waals surface area contributed by atoms with Crippen molar-refractivity contribution in [1.82, 2.24) is 0 Å². The van der Waals surface area contributed by atoms with Gasteiger partial charge in [-0.05, 0) is 45.7 Å². The molecule has 4 aromatic carbocycles. The number of aliphatic carboxylic acids is 2. The number of hydrogen-bond donors (Lipinski definition) is 2. The molecule has 2 aliphatic carbocycles. The predicted molar refractivity (Wildman–Crippen MR) is 155 cm³/mol. The summed E-state index contributed by atoms with van der Waals surface area (Å²) in [6, 6.07) is 22.2. The highest BCUT2D eigenvalue weighted by Gasteiger charge is 2.42. The van der Waals surface area contributed by atoms with Crippen molar-refractivity contribution >= 4 is 55.8 Å². The standard InChI is InChI=1S/C32H18F3NO7S/c33-32(34,35)23-14-5-6-15-24(23)44(41,42)43-36-29-22-16-18-9-2-4-12-20(18)25(22)26(27(30(37)38)28(29)31(39)40)21-13-7-10-17-8-1-3-11-19(17)21/h1-16H,(H,37,38)(H,39,40). The summed E-state index contributed by atoms with van der Waals surface area (Å²) in [6.45, 7) is 0. The number of rotatable bonds is 6. The highest BCUT2D eigenvalue weighted by atomic mass is 32.2. The number of oxime groups is 1. The van der Waals surface area contributed by atoms with Gasteiger partial charge in [0.2, 0.25) is 0 Å². The summed E-state index contributed by atoms with van der Waals surface area (Å²) in [6.07, 6.45) is -3.57. The summed E-state index contributed by atoms with van der Waals surface area (Å²) in [5, 5.41) is 25.7. The van der Waals surface area contributed by atoms with Gasteiger partial charge in [-0.25, -0.2) is 9.59 Å². The van der Waals surface area contributed by atoms with Crippen LogP contribution in [0.5, 0.6) is 0 Å². The summed E-state index contributed by atoms with van der Waals surface area (Å²) in [5.74, 6) is -3.43. The Labute approximate surface area is 247 Å². The van der Waals surface area contributed by atoms with Crippen molar-refractivity contribution in [2.75, 3.05) is 0 Å². The van der Waals surface area contributed by atoms with E-state index < -0.39 is 55.5 Å². The first-order chi connectivity index (χ1) is 20.9. The molecule has 2 aliphatic rings. The number of benzene rings is 4. The van der Waals surface area contributed by atoms with Gasteiger partial charge in [0.05, 0.1) is 11.1 Å². The summed E-state index contributed by atoms with van der Waals surface area (Å²) in [7, 11) is -5.26. The largest absolute Gasteiger partial charge is 0.478 e. The number of fused-ring (bicyclic) bond motifs is 4. The molecule has 220 valence electrons. The number of hydrogen-bond acceptors (Lipinski definition) is 6. The Morgan fingerprint density at radius 3 is 2.07 bits per heavy atom. The lowest BCUT2D eigenvalue weighted by atomic mass is 9.77. The van der Waals surface area contributed by atoms with Gasteiger partial charge < -0.3 is 10.2 Å². The van der Waals surface area contributed by atoms with E-state index in [2.05, 4.69) is 5.16 Å². The first kappa shape index (κ1) is 28.6. The SMILES string of the molecule is O=C(O)C1=C(C(=O)O)C(c2cccc3ccccc23)=C2C(=Cc3ccccc32)C1=NOS(=O)(=O)c1ccccc1C(F)(F)F. The topological polar surface area (TPSA) is 130 Å². The molecule has 0 saturated heterocycles. The zero-order valence-electron chi connectivity index (χ0n) is 22.2. The number of allylic oxidation sites excluding steroid dienone is 2. The molecular weight excluding hydrogens is 599 g/mol. The van der Waals surface area contributed by atoms with Crippen LogP contribution in [0.15, 0.2) is 118 Å². The van der Waals surface area contributed by atoms with Gasteiger partial charge in [-0.2, -0.15) is 21.6 Å². The molecule has 6 rings (SSSR count). The van der Waals surface area contributed by atoms with E-state index in [0.717, 1.165) is 17.5 Å². The monoisotopic (exact) mass is 617 g/mol. The normalized spacial score (nSPS) is 15.7. The average Bonchev–Trinajstić information content (AvgIpc) is 3.38. The molecule has 0 aromatic heterocycles. The first-order valence-corrected chi connectivity index (χ1v) is 14.2. The van der Waals surface area contributed by atoms with E-state index in [1.165, 1.54) is 6.08 Å². The van der Waals surface area contributed by atoms with Gasteiger partial charge in [0.15, 0.2) is 0 Å². The molecule has 44 heavy (non-hydrogen) atoms. The predicted octanol–water partition coefficient (Wildman–Crippen LogP) is 6.41. The van der Waals surface area contributed by atoms with Crippen molar-refractivity contribution in [2.24, 2.45) is 5.16 Å². The molecule has 0 aliphatic heterocycles. The lowest BCUT2D eigenvalue weighted by Gasteiger charge is -2.25. The molecule has 8 nitrogen and oxygen atoms in total. The number of nitrogens with zero attached hydrogens (tertiary/aromatic N) is 1. The zero-order chi connectivity index (χ0) is 31.4. The van der Waals surface area contributed by atoms with Gasteiger partial charge in [-0.3, -0.25) is 4.28 Å². The van der Waals surface area contributed by atoms with Crippen LogP contribution in [0.4, 0.5) is 13.2 Å². The fourth-order valence-corrected chi connectivity index (χ4v) is 6.41. The van der Waals surface area contributed by atoms with Gasteiger partial charge in [-0.1, -0.05) is 84.0 Å². The molecule has 0 spiro atoms. The summed E-state index contributed by atoms with van der Waals surface area (Å²) in [4.78, 5) is 24.4. The van der Waals surface area contributed by atoms with Crippen molar-refractivity contribution in [1.29, 1.82) is 0 Å². The molecule has 0 unspecified atom stereocenters. The Hall–Kier alpha value is -5.49. The Balaban J connectivity index is 1.65. The second-order valence-corrected chi connectivity index (χ2v) is 11.2. The molecule has 0 radical (unpaired) electrons. The molecule has 2 N–H and O–H groups in total. The smallest absolute Gasteiger partial charge is 0.417 e. The van der Waals surface area contributed by atoms with E-state index in [1.54, 1.807) is 66.7 Å². The van der Waals surface area contributed by atoms with Gasteiger partial charge >= 0.3 is 28.2 Å². The maximum absolute atomic E-state index is 13.6. The number of carbonyl (C=O) groups is 2. The maximum atomic E-state index is 13.6. The Morgan fingerprint density at radius 2 is 1.34 bits per heavy atom. The van der Waals surface area contributed by atoms with Crippen molar-refractivity contribution in [3.8, 4) is 0 Å². The second-order valence-electron chi connectivity index (χ2n) is 9.74. The molecule has 0 saturated carbocycles. The number of carboxylic acid groups (broad SMARTS) is 2. The average molecular weight is 618 g/mol. The van der Waals surface area contributed by atoms with Crippen molar-refractivity contribution in [3.63, 3.8) is 0 Å². The summed E-state index contributed by atoms with van der Waals surface area (Å²) < 4.78 is 71.6. The van der Waals surface area contributed by atoms with E-state index in [0.29, 0.717) is 34.2 Å². The van der Waals surface area contributed by atoms with Crippen LogP contribution in [0, 0.1) is 0 Å². The minimum absolute atomic E-state index is 0.0239. The third kappa shape index (κ3) is 4.65. The fourth-order valence-electron chi connectivity index (χ4n) is 5.46. The minimum atomic E-state index is -5.26. The van der Waals surface area contributed by atoms with Crippen molar-refractivity contribution in [3.05, 3.63) is 130 Å². The lowest BCUT2D eigenvalue weighted by Crippen LogP contribution is -2.26. The minimum Gasteiger partial charge on any atom is -0.478 e. The van der Waals surface area contributed by atoms with Crippen LogP contribution in [0.2, 0.25) is 0 Å². The Morgan fingerprint density at radius 1 is 0.727 bits per heavy atom. The van der Waals surface area contributed by atoms with Crippen LogP contribution in [0.3, 0.4) is 0 Å². The third-order valence-corrected chi connectivity index (χ3v) is 8.38. The highest BCUT2D eigenvalue weighted by Crippen LogP contribution is 2.50. The fraction of sp³-hybridized carbons (Fsp3) is 0.0312. The third-order valence-electron chi connectivity index (χ3n) is 7.22. The van der Waals surface area contributed by atoms with Crippen LogP contribution in [0.25, 0.3) is 28.0 Å². The molecule has 0 amide bonds.